The molecular weight excluding hydrogens is 212 g/mol. The highest BCUT2D eigenvalue weighted by atomic mass is 16.1. The van der Waals surface area contributed by atoms with E-state index in [1.807, 2.05) is 39.0 Å². The second kappa shape index (κ2) is 2.76. The van der Waals surface area contributed by atoms with E-state index < -0.39 is 10.8 Å². The minimum atomic E-state index is -0.650. The van der Waals surface area contributed by atoms with Crippen LogP contribution in [0.15, 0.2) is 35.9 Å². The van der Waals surface area contributed by atoms with Gasteiger partial charge in [-0.25, -0.2) is 0 Å². The maximum Gasteiger partial charge on any atom is 0.174 e. The molecule has 2 aliphatic rings. The van der Waals surface area contributed by atoms with E-state index in [1.54, 1.807) is 12.1 Å². The molecule has 0 spiro atoms. The lowest BCUT2D eigenvalue weighted by Crippen LogP contribution is -2.58. The fraction of sp³-hybridized carbons (Fsp3) is 0.333. The van der Waals surface area contributed by atoms with Gasteiger partial charge in [-0.15, -0.1) is 0 Å². The van der Waals surface area contributed by atoms with Crippen molar-refractivity contribution in [1.82, 2.24) is 0 Å². The van der Waals surface area contributed by atoms with Crippen molar-refractivity contribution in [2.24, 2.45) is 10.8 Å². The maximum absolute atomic E-state index is 12.6. The van der Waals surface area contributed by atoms with Crippen LogP contribution in [0.25, 0.3) is 0 Å². The van der Waals surface area contributed by atoms with Gasteiger partial charge in [0.2, 0.25) is 0 Å². The Kier molecular flexibility index (Phi) is 1.69. The van der Waals surface area contributed by atoms with Crippen molar-refractivity contribution in [2.75, 3.05) is 0 Å². The van der Waals surface area contributed by atoms with E-state index in [0.717, 1.165) is 5.57 Å². The van der Waals surface area contributed by atoms with Crippen molar-refractivity contribution in [1.29, 1.82) is 0 Å². The SMILES string of the molecule is CC1=CC2(C)C(=O)c3ccccc3C(=O)C12C. The van der Waals surface area contributed by atoms with Crippen molar-refractivity contribution in [3.8, 4) is 0 Å². The van der Waals surface area contributed by atoms with E-state index >= 15 is 0 Å². The molecule has 2 unspecified atom stereocenters. The molecule has 0 amide bonds. The molecule has 2 atom stereocenters. The highest BCUT2D eigenvalue weighted by Crippen LogP contribution is 2.60. The molecule has 86 valence electrons. The van der Waals surface area contributed by atoms with Crippen LogP contribution in [0.3, 0.4) is 0 Å². The monoisotopic (exact) mass is 226 g/mol. The van der Waals surface area contributed by atoms with Gasteiger partial charge in [0.25, 0.3) is 0 Å². The van der Waals surface area contributed by atoms with Gasteiger partial charge in [0.15, 0.2) is 11.6 Å². The van der Waals surface area contributed by atoms with Gasteiger partial charge in [0.1, 0.15) is 0 Å². The van der Waals surface area contributed by atoms with E-state index in [-0.39, 0.29) is 11.6 Å². The molecule has 1 aromatic carbocycles. The van der Waals surface area contributed by atoms with Crippen molar-refractivity contribution in [3.05, 3.63) is 47.0 Å². The second-order valence-corrected chi connectivity index (χ2v) is 5.36. The molecule has 0 radical (unpaired) electrons. The van der Waals surface area contributed by atoms with Crippen molar-refractivity contribution < 1.29 is 9.59 Å². The second-order valence-electron chi connectivity index (χ2n) is 5.36. The predicted molar refractivity (Wildman–Crippen MR) is 65.1 cm³/mol. The summed E-state index contributed by atoms with van der Waals surface area (Å²) >= 11 is 0. The summed E-state index contributed by atoms with van der Waals surface area (Å²) in [6, 6.07) is 7.13. The van der Waals surface area contributed by atoms with E-state index in [1.165, 1.54) is 0 Å². The molecule has 2 heteroatoms. The average molecular weight is 226 g/mol. The summed E-state index contributed by atoms with van der Waals surface area (Å²) in [5.74, 6) is 0.149. The Balaban J connectivity index is 2.34. The van der Waals surface area contributed by atoms with Gasteiger partial charge in [-0.3, -0.25) is 9.59 Å². The normalized spacial score (nSPS) is 34.6. The Morgan fingerprint density at radius 2 is 1.47 bits per heavy atom. The Morgan fingerprint density at radius 1 is 0.941 bits per heavy atom. The van der Waals surface area contributed by atoms with Gasteiger partial charge in [-0.1, -0.05) is 35.9 Å². The third-order valence-electron chi connectivity index (χ3n) is 4.67. The van der Waals surface area contributed by atoms with E-state index in [9.17, 15) is 9.59 Å². The molecule has 0 saturated heterocycles. The van der Waals surface area contributed by atoms with Crippen LogP contribution in [0.2, 0.25) is 0 Å². The number of fused-ring (bicyclic) bond motifs is 2. The lowest BCUT2D eigenvalue weighted by molar-refractivity contribution is 0.0458. The van der Waals surface area contributed by atoms with Gasteiger partial charge in [0.05, 0.1) is 10.8 Å². The zero-order valence-corrected chi connectivity index (χ0v) is 10.2. The molecule has 0 saturated carbocycles. The molecule has 0 N–H and O–H groups in total. The maximum atomic E-state index is 12.6. The van der Waals surface area contributed by atoms with Crippen LogP contribution in [-0.2, 0) is 0 Å². The van der Waals surface area contributed by atoms with Crippen LogP contribution >= 0.6 is 0 Å². The van der Waals surface area contributed by atoms with Crippen molar-refractivity contribution in [3.63, 3.8) is 0 Å². The van der Waals surface area contributed by atoms with Crippen LogP contribution in [0, 0.1) is 10.8 Å². The molecule has 0 bridgehead atoms. The molecule has 0 fully saturated rings. The summed E-state index contributed by atoms with van der Waals surface area (Å²) in [6.07, 6.45) is 1.93. The number of benzene rings is 1. The quantitative estimate of drug-likeness (QED) is 0.637. The molecule has 0 heterocycles. The molecule has 3 rings (SSSR count). The number of carbonyl (C=O) groups is 2. The molecule has 2 nitrogen and oxygen atoms in total. The fourth-order valence-electron chi connectivity index (χ4n) is 3.19. The zero-order chi connectivity index (χ0) is 12.4. The molecule has 17 heavy (non-hydrogen) atoms. The number of Topliss-reactive ketones (excluding diaryl/α,β-unsaturated/α-hetero) is 2. The Hall–Kier alpha value is -1.70. The summed E-state index contributed by atoms with van der Waals surface area (Å²) in [6.45, 7) is 5.69. The first-order valence-corrected chi connectivity index (χ1v) is 5.81. The summed E-state index contributed by atoms with van der Waals surface area (Å²) in [5.41, 5.74) is 0.861. The summed E-state index contributed by atoms with van der Waals surface area (Å²) in [4.78, 5) is 25.1. The average Bonchev–Trinajstić information content (AvgIpc) is 2.34. The number of hydrogen-bond acceptors (Lipinski definition) is 2. The number of allylic oxidation sites excluding steroid dienone is 2. The number of ketones is 2. The van der Waals surface area contributed by atoms with E-state index in [2.05, 4.69) is 0 Å². The number of carbonyl (C=O) groups excluding carboxylic acids is 2. The molecule has 2 aliphatic carbocycles. The fourth-order valence-corrected chi connectivity index (χ4v) is 3.19. The van der Waals surface area contributed by atoms with Gasteiger partial charge < -0.3 is 0 Å². The summed E-state index contributed by atoms with van der Waals surface area (Å²) < 4.78 is 0. The Bertz CT molecular complexity index is 597. The first kappa shape index (κ1) is 10.5. The van der Waals surface area contributed by atoms with Gasteiger partial charge in [0, 0.05) is 11.1 Å². The largest absolute Gasteiger partial charge is 0.293 e. The van der Waals surface area contributed by atoms with Crippen LogP contribution < -0.4 is 0 Å². The highest BCUT2D eigenvalue weighted by molar-refractivity contribution is 6.22. The third kappa shape index (κ3) is 0.890. The molecular formula is C15H14O2. The topological polar surface area (TPSA) is 34.1 Å². The van der Waals surface area contributed by atoms with Gasteiger partial charge >= 0.3 is 0 Å². The lowest BCUT2D eigenvalue weighted by atomic mass is 9.45. The van der Waals surface area contributed by atoms with Crippen LogP contribution in [0.1, 0.15) is 41.5 Å². The number of hydrogen-bond donors (Lipinski definition) is 0. The molecule has 1 aromatic rings. The zero-order valence-electron chi connectivity index (χ0n) is 10.2. The smallest absolute Gasteiger partial charge is 0.174 e. The molecule has 0 aromatic heterocycles. The van der Waals surface area contributed by atoms with Crippen LogP contribution in [0.5, 0.6) is 0 Å². The standard InChI is InChI=1S/C15H14O2/c1-9-8-14(2)12(16)10-6-4-5-7-11(10)13(17)15(9,14)3/h4-8H,1-3H3. The highest BCUT2D eigenvalue weighted by Gasteiger charge is 2.63. The summed E-state index contributed by atoms with van der Waals surface area (Å²) in [5, 5.41) is 0. The third-order valence-corrected chi connectivity index (χ3v) is 4.67. The van der Waals surface area contributed by atoms with Crippen LogP contribution in [0.4, 0.5) is 0 Å². The minimum absolute atomic E-state index is 0.0702. The first-order valence-electron chi connectivity index (χ1n) is 5.81. The summed E-state index contributed by atoms with van der Waals surface area (Å²) in [7, 11) is 0. The minimum Gasteiger partial charge on any atom is -0.293 e. The van der Waals surface area contributed by atoms with Crippen molar-refractivity contribution >= 4 is 11.6 Å². The van der Waals surface area contributed by atoms with Crippen LogP contribution in [-0.4, -0.2) is 11.6 Å². The van der Waals surface area contributed by atoms with Crippen molar-refractivity contribution in [2.45, 2.75) is 20.8 Å². The van der Waals surface area contributed by atoms with Gasteiger partial charge in [-0.05, 0) is 20.8 Å². The van der Waals surface area contributed by atoms with E-state index in [4.69, 9.17) is 0 Å². The Morgan fingerprint density at radius 3 is 2.00 bits per heavy atom. The van der Waals surface area contributed by atoms with E-state index in [0.29, 0.717) is 11.1 Å². The number of rotatable bonds is 0. The Labute approximate surface area is 100 Å². The predicted octanol–water partition coefficient (Wildman–Crippen LogP) is 3.04. The lowest BCUT2D eigenvalue weighted by Gasteiger charge is -2.54. The first-order chi connectivity index (χ1) is 7.93. The molecule has 0 aliphatic heterocycles. The van der Waals surface area contributed by atoms with Gasteiger partial charge in [-0.2, -0.15) is 0 Å².